The number of furan rings is 1. The number of amides is 1. The second kappa shape index (κ2) is 4.09. The van der Waals surface area contributed by atoms with Crippen LogP contribution in [0, 0.1) is 0 Å². The van der Waals surface area contributed by atoms with Crippen LogP contribution in [0.3, 0.4) is 0 Å². The molecule has 3 heterocycles. The lowest BCUT2D eigenvalue weighted by Crippen LogP contribution is -2.19. The van der Waals surface area contributed by atoms with Crippen LogP contribution in [0.5, 0.6) is 0 Å². The van der Waals surface area contributed by atoms with Gasteiger partial charge in [-0.15, -0.1) is 0 Å². The molecule has 2 N–H and O–H groups in total. The molecule has 24 heavy (non-hydrogen) atoms. The van der Waals surface area contributed by atoms with E-state index in [4.69, 9.17) is 4.42 Å². The monoisotopic (exact) mass is 314 g/mol. The zero-order valence-electron chi connectivity index (χ0n) is 12.8. The number of allylic oxidation sites excluding steroid dienone is 2. The van der Waals surface area contributed by atoms with Gasteiger partial charge in [0.15, 0.2) is 5.58 Å². The molecule has 0 radical (unpaired) electrons. The Kier molecular flexibility index (Phi) is 2.12. The summed E-state index contributed by atoms with van der Waals surface area (Å²) in [4.78, 5) is 12.6. The van der Waals surface area contributed by atoms with E-state index in [0.29, 0.717) is 6.54 Å². The van der Waals surface area contributed by atoms with Crippen LogP contribution in [0.1, 0.15) is 27.4 Å². The Morgan fingerprint density at radius 1 is 1.12 bits per heavy atom. The number of carbonyl (C=O) groups excluding carboxylic acids is 1. The van der Waals surface area contributed by atoms with Crippen LogP contribution in [0.25, 0.3) is 21.9 Å². The van der Waals surface area contributed by atoms with Gasteiger partial charge in [0, 0.05) is 28.8 Å². The van der Waals surface area contributed by atoms with Crippen molar-refractivity contribution in [1.82, 2.24) is 5.32 Å². The van der Waals surface area contributed by atoms with E-state index >= 15 is 0 Å². The van der Waals surface area contributed by atoms with Gasteiger partial charge in [-0.2, -0.15) is 0 Å². The summed E-state index contributed by atoms with van der Waals surface area (Å²) in [5, 5.41) is 8.73. The molecule has 2 aliphatic heterocycles. The van der Waals surface area contributed by atoms with Gasteiger partial charge in [0.05, 0.1) is 17.3 Å². The third-order valence-electron chi connectivity index (χ3n) is 5.40. The molecule has 0 saturated carbocycles. The van der Waals surface area contributed by atoms with Crippen molar-refractivity contribution < 1.29 is 9.21 Å². The normalized spacial score (nSPS) is 23.2. The van der Waals surface area contributed by atoms with E-state index in [0.717, 1.165) is 44.3 Å². The second-order valence-corrected chi connectivity index (χ2v) is 6.59. The van der Waals surface area contributed by atoms with E-state index in [1.54, 1.807) is 0 Å². The molecule has 1 aromatic heterocycles. The highest BCUT2D eigenvalue weighted by atomic mass is 16.3. The first kappa shape index (κ1) is 12.4. The number of para-hydroxylation sites is 1. The summed E-state index contributed by atoms with van der Waals surface area (Å²) >= 11 is 0. The minimum Gasteiger partial charge on any atom is -0.454 e. The third-order valence-corrected chi connectivity index (χ3v) is 5.40. The Hall–Kier alpha value is -3.01. The van der Waals surface area contributed by atoms with Crippen LogP contribution >= 0.6 is 0 Å². The minimum atomic E-state index is 0.0267. The molecule has 6 rings (SSSR count). The molecule has 3 aliphatic rings. The van der Waals surface area contributed by atoms with E-state index in [-0.39, 0.29) is 17.9 Å². The summed E-state index contributed by atoms with van der Waals surface area (Å²) in [5.74, 6) is 0.207. The predicted octanol–water partition coefficient (Wildman–Crippen LogP) is 3.83. The van der Waals surface area contributed by atoms with Crippen LogP contribution in [-0.2, 0) is 6.54 Å². The van der Waals surface area contributed by atoms with E-state index in [1.165, 1.54) is 0 Å². The number of anilines is 1. The fourth-order valence-electron chi connectivity index (χ4n) is 4.41. The molecule has 0 spiro atoms. The average molecular weight is 314 g/mol. The summed E-state index contributed by atoms with van der Waals surface area (Å²) in [5.41, 5.74) is 5.70. The molecule has 1 aliphatic carbocycles. The van der Waals surface area contributed by atoms with Crippen molar-refractivity contribution in [3.05, 3.63) is 65.3 Å². The lowest BCUT2D eigenvalue weighted by atomic mass is 9.86. The number of rotatable bonds is 0. The van der Waals surface area contributed by atoms with Crippen LogP contribution in [0.15, 0.2) is 53.0 Å². The van der Waals surface area contributed by atoms with Crippen molar-refractivity contribution in [3.8, 4) is 0 Å². The van der Waals surface area contributed by atoms with Crippen molar-refractivity contribution in [2.75, 3.05) is 5.32 Å². The molecule has 0 saturated heterocycles. The Morgan fingerprint density at radius 2 is 2.00 bits per heavy atom. The predicted molar refractivity (Wildman–Crippen MR) is 93.3 cm³/mol. The van der Waals surface area contributed by atoms with Crippen molar-refractivity contribution in [1.29, 1.82) is 0 Å². The number of fused-ring (bicyclic) bond motifs is 10. The van der Waals surface area contributed by atoms with Crippen LogP contribution in [0.2, 0.25) is 0 Å². The topological polar surface area (TPSA) is 54.3 Å². The van der Waals surface area contributed by atoms with Crippen LogP contribution < -0.4 is 10.6 Å². The van der Waals surface area contributed by atoms with Crippen molar-refractivity contribution in [3.63, 3.8) is 0 Å². The zero-order chi connectivity index (χ0) is 15.8. The molecule has 3 aromatic rings. The summed E-state index contributed by atoms with van der Waals surface area (Å²) in [6.45, 7) is 0.568. The molecule has 0 fully saturated rings. The largest absolute Gasteiger partial charge is 0.454 e. The highest BCUT2D eigenvalue weighted by molar-refractivity contribution is 6.18. The van der Waals surface area contributed by atoms with Gasteiger partial charge < -0.3 is 15.1 Å². The maximum absolute atomic E-state index is 12.6. The first-order valence-corrected chi connectivity index (χ1v) is 8.22. The van der Waals surface area contributed by atoms with Gasteiger partial charge in [-0.05, 0) is 11.6 Å². The smallest absolute Gasteiger partial charge is 0.252 e. The summed E-state index contributed by atoms with van der Waals surface area (Å²) in [7, 11) is 0. The lowest BCUT2D eigenvalue weighted by molar-refractivity contribution is 0.0965. The molecule has 2 unspecified atom stereocenters. The van der Waals surface area contributed by atoms with Crippen molar-refractivity contribution in [2.24, 2.45) is 0 Å². The quantitative estimate of drug-likeness (QED) is 0.663. The maximum atomic E-state index is 12.6. The lowest BCUT2D eigenvalue weighted by Gasteiger charge is -2.16. The van der Waals surface area contributed by atoms with Gasteiger partial charge in [0.25, 0.3) is 5.91 Å². The summed E-state index contributed by atoms with van der Waals surface area (Å²) < 4.78 is 6.21. The maximum Gasteiger partial charge on any atom is 0.252 e. The fraction of sp³-hybridized carbons (Fsp3) is 0.150. The summed E-state index contributed by atoms with van der Waals surface area (Å²) in [6, 6.07) is 8.23. The van der Waals surface area contributed by atoms with Crippen molar-refractivity contribution in [2.45, 2.75) is 18.5 Å². The van der Waals surface area contributed by atoms with Gasteiger partial charge >= 0.3 is 0 Å². The number of nitrogens with one attached hydrogen (secondary N) is 2. The number of benzene rings is 2. The van der Waals surface area contributed by atoms with Crippen LogP contribution in [-0.4, -0.2) is 11.9 Å². The Labute approximate surface area is 137 Å². The molecular weight excluding hydrogens is 300 g/mol. The second-order valence-electron chi connectivity index (χ2n) is 6.59. The molecule has 4 heteroatoms. The number of hydrogen-bond acceptors (Lipinski definition) is 3. The number of hydrogen-bond donors (Lipinski definition) is 2. The Bertz CT molecular complexity index is 1120. The van der Waals surface area contributed by atoms with Crippen LogP contribution in [0.4, 0.5) is 5.69 Å². The van der Waals surface area contributed by atoms with E-state index in [9.17, 15) is 4.79 Å². The van der Waals surface area contributed by atoms with Gasteiger partial charge in [-0.25, -0.2) is 0 Å². The molecule has 4 nitrogen and oxygen atoms in total. The standard InChI is InChI=1S/C20H14N2O2/c23-20-17-12(9-21-20)15-11-6-2-4-8-14(11)24-19(15)18-16(17)10-5-1-3-7-13(10)22-18/h1-8,10,13,22H,9H2,(H,21,23). The van der Waals surface area contributed by atoms with E-state index in [2.05, 4.69) is 41.0 Å². The number of carbonyl (C=O) groups is 1. The highest BCUT2D eigenvalue weighted by Crippen LogP contribution is 2.50. The minimum absolute atomic E-state index is 0.0267. The SMILES string of the molecule is O=C1NCc2c1c1c(c3oc4ccccc4c23)NC2C=CC=CC12. The fourth-order valence-corrected chi connectivity index (χ4v) is 4.41. The third kappa shape index (κ3) is 1.33. The van der Waals surface area contributed by atoms with E-state index in [1.807, 2.05) is 18.2 Å². The first-order chi connectivity index (χ1) is 11.8. The highest BCUT2D eigenvalue weighted by Gasteiger charge is 2.40. The Balaban J connectivity index is 1.83. The van der Waals surface area contributed by atoms with Gasteiger partial charge in [-0.3, -0.25) is 4.79 Å². The molecular formula is C20H14N2O2. The van der Waals surface area contributed by atoms with E-state index < -0.39 is 0 Å². The first-order valence-electron chi connectivity index (χ1n) is 8.22. The summed E-state index contributed by atoms with van der Waals surface area (Å²) in [6.07, 6.45) is 8.43. The van der Waals surface area contributed by atoms with Gasteiger partial charge in [0.1, 0.15) is 5.58 Å². The molecule has 2 atom stereocenters. The van der Waals surface area contributed by atoms with Crippen molar-refractivity contribution >= 4 is 33.5 Å². The molecule has 116 valence electrons. The Morgan fingerprint density at radius 3 is 2.96 bits per heavy atom. The zero-order valence-corrected chi connectivity index (χ0v) is 12.8. The van der Waals surface area contributed by atoms with Gasteiger partial charge in [0.2, 0.25) is 0 Å². The average Bonchev–Trinajstić information content (AvgIpc) is 3.27. The molecule has 2 aromatic carbocycles. The molecule has 0 bridgehead atoms. The van der Waals surface area contributed by atoms with Gasteiger partial charge in [-0.1, -0.05) is 42.5 Å². The molecule has 1 amide bonds.